The highest BCUT2D eigenvalue weighted by Gasteiger charge is 2.34. The van der Waals surface area contributed by atoms with Crippen LogP contribution in [0.1, 0.15) is 46.0 Å². The van der Waals surface area contributed by atoms with Crippen LogP contribution in [0.5, 0.6) is 5.75 Å². The van der Waals surface area contributed by atoms with Crippen molar-refractivity contribution in [3.05, 3.63) is 24.3 Å². The molecule has 0 saturated carbocycles. The molecule has 2 amide bonds. The van der Waals surface area contributed by atoms with Crippen LogP contribution in [0.4, 0.5) is 10.5 Å². The van der Waals surface area contributed by atoms with Gasteiger partial charge in [0.15, 0.2) is 0 Å². The smallest absolute Gasteiger partial charge is 0.405 e. The molecule has 1 rings (SSSR count). The Hall–Kier alpha value is -2.28. The minimum Gasteiger partial charge on any atom is -0.494 e. The molecule has 1 atom stereocenters. The van der Waals surface area contributed by atoms with Crippen LogP contribution in [0.25, 0.3) is 0 Å². The van der Waals surface area contributed by atoms with E-state index in [2.05, 4.69) is 12.2 Å². The molecule has 0 aromatic heterocycles. The molecular weight excluding hydrogens is 324 g/mol. The molecule has 7 nitrogen and oxygen atoms in total. The van der Waals surface area contributed by atoms with Crippen molar-refractivity contribution in [3.8, 4) is 5.75 Å². The highest BCUT2D eigenvalue weighted by atomic mass is 16.5. The van der Waals surface area contributed by atoms with Crippen molar-refractivity contribution < 1.29 is 24.5 Å². The first-order valence-corrected chi connectivity index (χ1v) is 8.57. The van der Waals surface area contributed by atoms with Crippen LogP contribution in [-0.2, 0) is 4.79 Å². The lowest BCUT2D eigenvalue weighted by molar-refractivity contribution is -0.123. The van der Waals surface area contributed by atoms with E-state index in [0.717, 1.165) is 12.8 Å². The summed E-state index contributed by atoms with van der Waals surface area (Å²) in [5.74, 6) is 0.0732. The van der Waals surface area contributed by atoms with Gasteiger partial charge in [-0.3, -0.25) is 4.79 Å². The van der Waals surface area contributed by atoms with E-state index in [-0.39, 0.29) is 0 Å². The zero-order chi connectivity index (χ0) is 18.7. The van der Waals surface area contributed by atoms with Crippen LogP contribution in [0.3, 0.4) is 0 Å². The molecule has 0 heterocycles. The number of carboxylic acid groups (broad SMARTS) is 1. The van der Waals surface area contributed by atoms with Crippen molar-refractivity contribution in [1.82, 2.24) is 5.32 Å². The molecule has 4 N–H and O–H groups in total. The Morgan fingerprint density at radius 3 is 2.32 bits per heavy atom. The number of amides is 2. The standard InChI is InChI=1S/C18H28N2O5/c1-3-4-5-6-7-12-25-15-10-8-14(9-11-15)19-16(22)18(2,13-21)20-17(23)24/h8-11,20-21H,3-7,12-13H2,1-2H3,(H,19,22)(H,23,24)/t18-/m0/s1. The van der Waals surface area contributed by atoms with Gasteiger partial charge in [0.2, 0.25) is 0 Å². The summed E-state index contributed by atoms with van der Waals surface area (Å²) in [6.07, 6.45) is 4.46. The Balaban J connectivity index is 2.48. The molecule has 0 radical (unpaired) electrons. The Bertz CT molecular complexity index is 547. The Labute approximate surface area is 148 Å². The van der Waals surface area contributed by atoms with Crippen molar-refractivity contribution in [2.24, 2.45) is 0 Å². The van der Waals surface area contributed by atoms with Gasteiger partial charge in [-0.2, -0.15) is 0 Å². The molecule has 140 valence electrons. The second kappa shape index (κ2) is 10.6. The third-order valence-corrected chi connectivity index (χ3v) is 3.83. The molecular formula is C18H28N2O5. The highest BCUT2D eigenvalue weighted by Crippen LogP contribution is 2.18. The summed E-state index contributed by atoms with van der Waals surface area (Å²) in [4.78, 5) is 22.9. The quantitative estimate of drug-likeness (QED) is 0.458. The molecule has 0 fully saturated rings. The van der Waals surface area contributed by atoms with Gasteiger partial charge in [0, 0.05) is 5.69 Å². The fourth-order valence-electron chi connectivity index (χ4n) is 2.20. The lowest BCUT2D eigenvalue weighted by atomic mass is 10.0. The van der Waals surface area contributed by atoms with Crippen LogP contribution >= 0.6 is 0 Å². The first-order chi connectivity index (χ1) is 11.9. The number of hydrogen-bond donors (Lipinski definition) is 4. The summed E-state index contributed by atoms with van der Waals surface area (Å²) >= 11 is 0. The van der Waals surface area contributed by atoms with E-state index < -0.39 is 24.1 Å². The topological polar surface area (TPSA) is 108 Å². The number of unbranched alkanes of at least 4 members (excludes halogenated alkanes) is 4. The number of nitrogens with one attached hydrogen (secondary N) is 2. The summed E-state index contributed by atoms with van der Waals surface area (Å²) in [7, 11) is 0. The van der Waals surface area contributed by atoms with E-state index in [1.165, 1.54) is 26.2 Å². The predicted octanol–water partition coefficient (Wildman–Crippen LogP) is 2.99. The number of carbonyl (C=O) groups excluding carboxylic acids is 1. The fraction of sp³-hybridized carbons (Fsp3) is 0.556. The van der Waals surface area contributed by atoms with Gasteiger partial charge in [0.25, 0.3) is 5.91 Å². The summed E-state index contributed by atoms with van der Waals surface area (Å²) in [6.45, 7) is 3.50. The fourth-order valence-corrected chi connectivity index (χ4v) is 2.20. The van der Waals surface area contributed by atoms with Crippen LogP contribution in [0.2, 0.25) is 0 Å². The average Bonchev–Trinajstić information content (AvgIpc) is 2.58. The second-order valence-electron chi connectivity index (χ2n) is 6.16. The maximum atomic E-state index is 12.2. The molecule has 0 bridgehead atoms. The monoisotopic (exact) mass is 352 g/mol. The lowest BCUT2D eigenvalue weighted by Crippen LogP contribution is -2.56. The number of ether oxygens (including phenoxy) is 1. The van der Waals surface area contributed by atoms with E-state index in [9.17, 15) is 14.7 Å². The summed E-state index contributed by atoms with van der Waals surface area (Å²) in [6, 6.07) is 6.82. The van der Waals surface area contributed by atoms with Crippen LogP contribution in [0, 0.1) is 0 Å². The lowest BCUT2D eigenvalue weighted by Gasteiger charge is -2.25. The van der Waals surface area contributed by atoms with E-state index in [1.54, 1.807) is 24.3 Å². The zero-order valence-electron chi connectivity index (χ0n) is 14.9. The molecule has 0 aliphatic carbocycles. The second-order valence-corrected chi connectivity index (χ2v) is 6.16. The van der Waals surface area contributed by atoms with Crippen LogP contribution in [0.15, 0.2) is 24.3 Å². The predicted molar refractivity (Wildman–Crippen MR) is 96.0 cm³/mol. The van der Waals surface area contributed by atoms with Crippen LogP contribution < -0.4 is 15.4 Å². The Morgan fingerprint density at radius 1 is 1.12 bits per heavy atom. The van der Waals surface area contributed by atoms with Crippen LogP contribution in [-0.4, -0.2) is 41.0 Å². The van der Waals surface area contributed by atoms with Gasteiger partial charge in [-0.25, -0.2) is 4.79 Å². The normalized spacial score (nSPS) is 12.9. The highest BCUT2D eigenvalue weighted by molar-refractivity contribution is 5.99. The van der Waals surface area contributed by atoms with Gasteiger partial charge in [0.05, 0.1) is 13.2 Å². The van der Waals surface area contributed by atoms with E-state index in [0.29, 0.717) is 18.0 Å². The zero-order valence-corrected chi connectivity index (χ0v) is 14.9. The number of carbonyl (C=O) groups is 2. The van der Waals surface area contributed by atoms with Crippen molar-refractivity contribution in [1.29, 1.82) is 0 Å². The molecule has 0 unspecified atom stereocenters. The van der Waals surface area contributed by atoms with Gasteiger partial charge in [-0.15, -0.1) is 0 Å². The molecule has 1 aromatic rings. The van der Waals surface area contributed by atoms with Gasteiger partial charge in [0.1, 0.15) is 11.3 Å². The van der Waals surface area contributed by atoms with Gasteiger partial charge in [-0.05, 0) is 37.6 Å². The maximum Gasteiger partial charge on any atom is 0.405 e. The van der Waals surface area contributed by atoms with Crippen molar-refractivity contribution in [2.45, 2.75) is 51.5 Å². The molecule has 1 aromatic carbocycles. The van der Waals surface area contributed by atoms with Crippen molar-refractivity contribution in [3.63, 3.8) is 0 Å². The SMILES string of the molecule is CCCCCCCOc1ccc(NC(=O)[C@](C)(CO)NC(=O)O)cc1. The van der Waals surface area contributed by atoms with E-state index in [4.69, 9.17) is 9.84 Å². The minimum absolute atomic E-state index is 0.493. The van der Waals surface area contributed by atoms with Crippen molar-refractivity contribution in [2.75, 3.05) is 18.5 Å². The Morgan fingerprint density at radius 2 is 1.76 bits per heavy atom. The minimum atomic E-state index is -1.61. The third kappa shape index (κ3) is 7.43. The van der Waals surface area contributed by atoms with E-state index in [1.807, 2.05) is 5.32 Å². The van der Waals surface area contributed by atoms with Gasteiger partial charge >= 0.3 is 6.09 Å². The third-order valence-electron chi connectivity index (χ3n) is 3.83. The van der Waals surface area contributed by atoms with Crippen molar-refractivity contribution >= 4 is 17.7 Å². The summed E-state index contributed by atoms with van der Waals surface area (Å²) < 4.78 is 5.64. The number of aliphatic hydroxyl groups excluding tert-OH is 1. The largest absolute Gasteiger partial charge is 0.494 e. The van der Waals surface area contributed by atoms with Gasteiger partial charge in [-0.1, -0.05) is 32.6 Å². The number of aliphatic hydroxyl groups is 1. The molecule has 0 saturated heterocycles. The van der Waals surface area contributed by atoms with E-state index >= 15 is 0 Å². The maximum absolute atomic E-state index is 12.2. The summed E-state index contributed by atoms with van der Waals surface area (Å²) in [5.41, 5.74) is -1.12. The molecule has 7 heteroatoms. The summed E-state index contributed by atoms with van der Waals surface area (Å²) in [5, 5.41) is 22.6. The number of benzene rings is 1. The molecule has 0 aliphatic rings. The number of rotatable bonds is 11. The number of hydrogen-bond acceptors (Lipinski definition) is 4. The first-order valence-electron chi connectivity index (χ1n) is 8.57. The van der Waals surface area contributed by atoms with Gasteiger partial charge < -0.3 is 25.6 Å². The Kier molecular flexibility index (Phi) is 8.77. The average molecular weight is 352 g/mol. The number of anilines is 1. The first kappa shape index (κ1) is 20.8. The molecule has 0 aliphatic heterocycles. The molecule has 25 heavy (non-hydrogen) atoms. The molecule has 0 spiro atoms.